The van der Waals surface area contributed by atoms with Crippen molar-refractivity contribution in [2.24, 2.45) is 10.9 Å². The lowest BCUT2D eigenvalue weighted by Crippen LogP contribution is -2.50. The van der Waals surface area contributed by atoms with Crippen LogP contribution < -0.4 is 5.73 Å². The van der Waals surface area contributed by atoms with Crippen molar-refractivity contribution in [3.63, 3.8) is 0 Å². The maximum Gasteiger partial charge on any atom is 0.263 e. The predicted octanol–water partition coefficient (Wildman–Crippen LogP) is -0.643. The van der Waals surface area contributed by atoms with Crippen LogP contribution in [-0.2, 0) is 14.8 Å². The molecule has 110 valence electrons. The minimum Gasteiger partial charge on any atom is -0.409 e. The summed E-state index contributed by atoms with van der Waals surface area (Å²) < 4.78 is 44.3. The highest BCUT2D eigenvalue weighted by atomic mass is 32.2. The Bertz CT molecular complexity index is 621. The number of pyridine rings is 1. The van der Waals surface area contributed by atoms with Gasteiger partial charge in [-0.2, -0.15) is 4.31 Å². The molecule has 1 fully saturated rings. The van der Waals surface area contributed by atoms with E-state index in [-0.39, 0.29) is 25.5 Å². The second kappa shape index (κ2) is 5.69. The Morgan fingerprint density at radius 1 is 1.65 bits per heavy atom. The Kier molecular flexibility index (Phi) is 4.16. The Balaban J connectivity index is 2.29. The van der Waals surface area contributed by atoms with Crippen LogP contribution in [0.3, 0.4) is 0 Å². The molecular formula is C10H13FN4O4S. The summed E-state index contributed by atoms with van der Waals surface area (Å²) in [6, 6.07) is 2.31. The van der Waals surface area contributed by atoms with Crippen LogP contribution in [0.25, 0.3) is 0 Å². The van der Waals surface area contributed by atoms with Crippen molar-refractivity contribution in [2.45, 2.75) is 11.1 Å². The third-order valence-electron chi connectivity index (χ3n) is 2.78. The molecule has 1 aromatic heterocycles. The zero-order valence-electron chi connectivity index (χ0n) is 10.3. The molecule has 10 heteroatoms. The maximum absolute atomic E-state index is 13.6. The van der Waals surface area contributed by atoms with Crippen molar-refractivity contribution in [1.29, 1.82) is 0 Å². The molecule has 0 saturated carbocycles. The molecule has 1 atom stereocenters. The van der Waals surface area contributed by atoms with Gasteiger partial charge in [0.2, 0.25) is 5.03 Å². The van der Waals surface area contributed by atoms with Gasteiger partial charge in [-0.05, 0) is 12.1 Å². The van der Waals surface area contributed by atoms with E-state index in [9.17, 15) is 12.8 Å². The van der Waals surface area contributed by atoms with E-state index in [0.717, 1.165) is 10.4 Å². The van der Waals surface area contributed by atoms with Crippen molar-refractivity contribution in [2.75, 3.05) is 19.7 Å². The van der Waals surface area contributed by atoms with Crippen molar-refractivity contribution >= 4 is 15.9 Å². The molecule has 0 amide bonds. The van der Waals surface area contributed by atoms with Gasteiger partial charge in [0.25, 0.3) is 10.0 Å². The number of halogens is 1. The Morgan fingerprint density at radius 2 is 2.40 bits per heavy atom. The van der Waals surface area contributed by atoms with Gasteiger partial charge < -0.3 is 15.7 Å². The summed E-state index contributed by atoms with van der Waals surface area (Å²) in [5.41, 5.74) is 5.39. The van der Waals surface area contributed by atoms with E-state index in [1.165, 1.54) is 12.3 Å². The van der Waals surface area contributed by atoms with E-state index in [4.69, 9.17) is 15.7 Å². The third-order valence-corrected chi connectivity index (χ3v) is 4.58. The topological polar surface area (TPSA) is 118 Å². The lowest BCUT2D eigenvalue weighted by atomic mass is 10.3. The van der Waals surface area contributed by atoms with Crippen LogP contribution >= 0.6 is 0 Å². The minimum atomic E-state index is -4.09. The molecule has 1 unspecified atom stereocenters. The number of ether oxygens (including phenoxy) is 1. The van der Waals surface area contributed by atoms with Gasteiger partial charge in [-0.1, -0.05) is 5.16 Å². The molecule has 0 bridgehead atoms. The average molecular weight is 304 g/mol. The first-order chi connectivity index (χ1) is 9.46. The smallest absolute Gasteiger partial charge is 0.263 e. The van der Waals surface area contributed by atoms with Gasteiger partial charge in [0.1, 0.15) is 6.10 Å². The number of sulfonamides is 1. The number of hydrogen-bond acceptors (Lipinski definition) is 6. The van der Waals surface area contributed by atoms with E-state index in [0.29, 0.717) is 0 Å². The number of morpholine rings is 1. The van der Waals surface area contributed by atoms with Crippen LogP contribution in [0.4, 0.5) is 4.39 Å². The molecule has 2 rings (SSSR count). The monoisotopic (exact) mass is 304 g/mol. The first-order valence-electron chi connectivity index (χ1n) is 5.66. The Labute approximate surface area is 114 Å². The fourth-order valence-corrected chi connectivity index (χ4v) is 3.17. The van der Waals surface area contributed by atoms with Gasteiger partial charge in [-0.15, -0.1) is 0 Å². The van der Waals surface area contributed by atoms with Crippen molar-refractivity contribution in [3.05, 3.63) is 24.1 Å². The van der Waals surface area contributed by atoms with E-state index in [2.05, 4.69) is 10.1 Å². The molecule has 0 aromatic carbocycles. The summed E-state index contributed by atoms with van der Waals surface area (Å²) >= 11 is 0. The molecule has 0 radical (unpaired) electrons. The minimum absolute atomic E-state index is 0.0353. The maximum atomic E-state index is 13.6. The number of amidine groups is 1. The second-order valence-electron chi connectivity index (χ2n) is 4.04. The standard InChI is InChI=1S/C10H13FN4O4S/c11-7-2-1-3-13-10(7)20(17,18)15-4-5-19-8(6-15)9(12)14-16/h1-3,8,16H,4-6H2,(H2,12,14). The van der Waals surface area contributed by atoms with Gasteiger partial charge in [-0.25, -0.2) is 17.8 Å². The molecule has 0 spiro atoms. The molecule has 2 heterocycles. The fourth-order valence-electron chi connectivity index (χ4n) is 1.77. The number of hydrogen-bond donors (Lipinski definition) is 2. The zero-order valence-corrected chi connectivity index (χ0v) is 11.1. The summed E-state index contributed by atoms with van der Waals surface area (Å²) in [6.45, 7) is -0.0869. The van der Waals surface area contributed by atoms with E-state index < -0.39 is 27.0 Å². The molecule has 1 saturated heterocycles. The highest BCUT2D eigenvalue weighted by Gasteiger charge is 2.34. The first-order valence-corrected chi connectivity index (χ1v) is 7.10. The summed E-state index contributed by atoms with van der Waals surface area (Å²) in [4.78, 5) is 3.56. The van der Waals surface area contributed by atoms with Gasteiger partial charge >= 0.3 is 0 Å². The summed E-state index contributed by atoms with van der Waals surface area (Å²) in [6.07, 6.45) is 0.313. The van der Waals surface area contributed by atoms with Crippen LogP contribution in [0.1, 0.15) is 0 Å². The van der Waals surface area contributed by atoms with Gasteiger partial charge in [0, 0.05) is 19.3 Å². The van der Waals surface area contributed by atoms with E-state index >= 15 is 0 Å². The molecule has 3 N–H and O–H groups in total. The van der Waals surface area contributed by atoms with Gasteiger partial charge in [-0.3, -0.25) is 0 Å². The number of nitrogens with zero attached hydrogens (tertiary/aromatic N) is 3. The normalized spacial score (nSPS) is 21.9. The van der Waals surface area contributed by atoms with Crippen molar-refractivity contribution < 1.29 is 22.8 Å². The number of rotatable bonds is 3. The number of nitrogens with two attached hydrogens (primary N) is 1. The summed E-state index contributed by atoms with van der Waals surface area (Å²) in [5.74, 6) is -1.18. The average Bonchev–Trinajstić information content (AvgIpc) is 2.47. The molecule has 8 nitrogen and oxygen atoms in total. The van der Waals surface area contributed by atoms with Crippen LogP contribution in [0.15, 0.2) is 28.5 Å². The quantitative estimate of drug-likeness (QED) is 0.332. The lowest BCUT2D eigenvalue weighted by molar-refractivity contribution is 0.0353. The largest absolute Gasteiger partial charge is 0.409 e. The Hall–Kier alpha value is -1.78. The zero-order chi connectivity index (χ0) is 14.8. The molecular weight excluding hydrogens is 291 g/mol. The molecule has 1 aliphatic heterocycles. The second-order valence-corrected chi connectivity index (χ2v) is 5.89. The van der Waals surface area contributed by atoms with E-state index in [1.807, 2.05) is 0 Å². The third kappa shape index (κ3) is 2.71. The van der Waals surface area contributed by atoms with Crippen LogP contribution in [0.5, 0.6) is 0 Å². The van der Waals surface area contributed by atoms with Gasteiger partial charge in [0.05, 0.1) is 6.61 Å². The first kappa shape index (κ1) is 14.6. The number of aromatic nitrogens is 1. The highest BCUT2D eigenvalue weighted by molar-refractivity contribution is 7.89. The van der Waals surface area contributed by atoms with Crippen LogP contribution in [0.2, 0.25) is 0 Å². The SMILES string of the molecule is N/C(=N/O)C1CN(S(=O)(=O)c2ncccc2F)CCO1. The highest BCUT2D eigenvalue weighted by Crippen LogP contribution is 2.19. The van der Waals surface area contributed by atoms with Crippen LogP contribution in [0, 0.1) is 5.82 Å². The predicted molar refractivity (Wildman–Crippen MR) is 66.1 cm³/mol. The summed E-state index contributed by atoms with van der Waals surface area (Å²) in [5, 5.41) is 10.7. The summed E-state index contributed by atoms with van der Waals surface area (Å²) in [7, 11) is -4.09. The fraction of sp³-hybridized carbons (Fsp3) is 0.400. The van der Waals surface area contributed by atoms with Crippen molar-refractivity contribution in [3.8, 4) is 0 Å². The lowest BCUT2D eigenvalue weighted by Gasteiger charge is -2.31. The number of oxime groups is 1. The van der Waals surface area contributed by atoms with E-state index in [1.54, 1.807) is 0 Å². The molecule has 0 aliphatic carbocycles. The molecule has 1 aliphatic rings. The van der Waals surface area contributed by atoms with Crippen molar-refractivity contribution in [1.82, 2.24) is 9.29 Å². The van der Waals surface area contributed by atoms with Gasteiger partial charge in [0.15, 0.2) is 11.7 Å². The Morgan fingerprint density at radius 3 is 3.05 bits per heavy atom. The molecule has 20 heavy (non-hydrogen) atoms. The molecule has 1 aromatic rings. The van der Waals surface area contributed by atoms with Crippen LogP contribution in [-0.4, -0.2) is 54.6 Å².